The Hall–Kier alpha value is -4.54. The van der Waals surface area contributed by atoms with Gasteiger partial charge in [-0.3, -0.25) is 24.2 Å². The number of rotatable bonds is 9. The summed E-state index contributed by atoms with van der Waals surface area (Å²) in [5.74, 6) is 0.536. The third-order valence-electron chi connectivity index (χ3n) is 8.42. The third kappa shape index (κ3) is 6.30. The highest BCUT2D eigenvalue weighted by atomic mass is 16.5. The molecule has 10 heteroatoms. The summed E-state index contributed by atoms with van der Waals surface area (Å²) in [4.78, 5) is 34.6. The molecule has 0 bridgehead atoms. The van der Waals surface area contributed by atoms with Gasteiger partial charge in [0.15, 0.2) is 0 Å². The molecule has 3 N–H and O–H groups in total. The predicted molar refractivity (Wildman–Crippen MR) is 162 cm³/mol. The first-order valence-corrected chi connectivity index (χ1v) is 14.7. The van der Waals surface area contributed by atoms with Crippen LogP contribution in [0.3, 0.4) is 0 Å². The highest BCUT2D eigenvalue weighted by Gasteiger charge is 2.31. The van der Waals surface area contributed by atoms with Gasteiger partial charge in [0.1, 0.15) is 11.5 Å². The van der Waals surface area contributed by atoms with E-state index in [1.165, 1.54) is 5.56 Å². The smallest absolute Gasteiger partial charge is 0.254 e. The molecule has 0 saturated carbocycles. The number of benzene rings is 2. The van der Waals surface area contributed by atoms with Gasteiger partial charge in [0.05, 0.1) is 24.1 Å². The number of aliphatic hydroxyl groups excluding tert-OH is 1. The van der Waals surface area contributed by atoms with Gasteiger partial charge in [-0.1, -0.05) is 18.2 Å². The number of primary amides is 1. The van der Waals surface area contributed by atoms with Crippen LogP contribution in [0.4, 0.5) is 0 Å². The largest absolute Gasteiger partial charge is 0.457 e. The molecular weight excluding hydrogens is 544 g/mol. The molecule has 0 radical (unpaired) electrons. The van der Waals surface area contributed by atoms with Crippen LogP contribution in [0.1, 0.15) is 57.2 Å². The van der Waals surface area contributed by atoms with Crippen molar-refractivity contribution in [2.45, 2.75) is 37.8 Å². The van der Waals surface area contributed by atoms with Gasteiger partial charge < -0.3 is 20.5 Å². The molecular formula is C33H36N6O4. The lowest BCUT2D eigenvalue weighted by atomic mass is 9.96. The summed E-state index contributed by atoms with van der Waals surface area (Å²) in [6.45, 7) is 2.99. The molecule has 2 aliphatic rings. The number of aromatic nitrogens is 3. The molecule has 2 saturated heterocycles. The van der Waals surface area contributed by atoms with Gasteiger partial charge in [-0.25, -0.2) is 0 Å². The summed E-state index contributed by atoms with van der Waals surface area (Å²) in [7, 11) is 1.83. The van der Waals surface area contributed by atoms with E-state index in [1.54, 1.807) is 40.2 Å². The molecule has 10 nitrogen and oxygen atoms in total. The minimum atomic E-state index is -0.540. The molecule has 2 amide bonds. The van der Waals surface area contributed by atoms with Gasteiger partial charge in [0, 0.05) is 67.7 Å². The van der Waals surface area contributed by atoms with Crippen molar-refractivity contribution in [3.05, 3.63) is 95.6 Å². The Labute approximate surface area is 250 Å². The fourth-order valence-electron chi connectivity index (χ4n) is 6.11. The van der Waals surface area contributed by atoms with Crippen LogP contribution in [0, 0.1) is 0 Å². The highest BCUT2D eigenvalue weighted by molar-refractivity contribution is 5.96. The number of nitrogens with zero attached hydrogens (tertiary/aromatic N) is 5. The number of likely N-dealkylation sites (tertiary alicyclic amines) is 2. The summed E-state index contributed by atoms with van der Waals surface area (Å²) >= 11 is 0. The van der Waals surface area contributed by atoms with E-state index in [1.807, 2.05) is 49.6 Å². The van der Waals surface area contributed by atoms with Gasteiger partial charge in [0.2, 0.25) is 0 Å². The molecule has 2 fully saturated rings. The zero-order chi connectivity index (χ0) is 29.9. The van der Waals surface area contributed by atoms with Gasteiger partial charge in [-0.15, -0.1) is 0 Å². The molecule has 4 heterocycles. The Bertz CT molecular complexity index is 1620. The van der Waals surface area contributed by atoms with E-state index >= 15 is 0 Å². The SMILES string of the molecule is Cn1cc(-c2cnc([C@@H]3CCN(C(=O)c4cccc(Oc5ccc(CN6CCC[C@@H]6CO)cc5)c4)C3)c(C(N)=O)c2)cn1. The van der Waals surface area contributed by atoms with E-state index in [2.05, 4.69) is 15.0 Å². The van der Waals surface area contributed by atoms with E-state index in [0.29, 0.717) is 47.8 Å². The van der Waals surface area contributed by atoms with E-state index < -0.39 is 5.91 Å². The van der Waals surface area contributed by atoms with E-state index in [9.17, 15) is 14.7 Å². The summed E-state index contributed by atoms with van der Waals surface area (Å²) in [5.41, 5.74) is 10.1. The second kappa shape index (κ2) is 12.4. The molecule has 222 valence electrons. The average Bonchev–Trinajstić information content (AvgIpc) is 3.79. The second-order valence-corrected chi connectivity index (χ2v) is 11.4. The number of carbonyl (C=O) groups is 2. The first-order chi connectivity index (χ1) is 20.9. The molecule has 0 unspecified atom stereocenters. The monoisotopic (exact) mass is 580 g/mol. The number of ether oxygens (including phenoxy) is 1. The van der Waals surface area contributed by atoms with Gasteiger partial charge in [-0.05, 0) is 67.8 Å². The first kappa shape index (κ1) is 28.6. The minimum absolute atomic E-state index is 0.0967. The molecule has 2 aliphatic heterocycles. The lowest BCUT2D eigenvalue weighted by Crippen LogP contribution is -2.31. The number of aliphatic hydroxyl groups is 1. The number of carbonyl (C=O) groups excluding carboxylic acids is 2. The maximum Gasteiger partial charge on any atom is 0.254 e. The third-order valence-corrected chi connectivity index (χ3v) is 8.42. The fraction of sp³-hybridized carbons (Fsp3) is 0.333. The summed E-state index contributed by atoms with van der Waals surface area (Å²) < 4.78 is 7.78. The maximum atomic E-state index is 13.5. The van der Waals surface area contributed by atoms with E-state index in [0.717, 1.165) is 37.1 Å². The zero-order valence-electron chi connectivity index (χ0n) is 24.2. The number of aryl methyl sites for hydroxylation is 1. The van der Waals surface area contributed by atoms with Crippen molar-refractivity contribution in [3.8, 4) is 22.6 Å². The molecule has 2 atom stereocenters. The molecule has 6 rings (SSSR count). The van der Waals surface area contributed by atoms with Gasteiger partial charge in [-0.2, -0.15) is 5.10 Å². The van der Waals surface area contributed by atoms with Crippen LogP contribution in [0.2, 0.25) is 0 Å². The summed E-state index contributed by atoms with van der Waals surface area (Å²) in [6, 6.07) is 17.1. The van der Waals surface area contributed by atoms with Crippen molar-refractivity contribution >= 4 is 11.8 Å². The first-order valence-electron chi connectivity index (χ1n) is 14.7. The standard InChI is InChI=1S/C33H36N6O4/c1-37-19-26(17-36-37)25-15-30(32(34)41)31(35-16-25)24-11-13-39(20-24)33(42)23-4-2-6-29(14-23)43-28-9-7-22(8-10-28)18-38-12-3-5-27(38)21-40/h2,4,6-10,14-17,19,24,27,40H,3,5,11-13,18,20-21H2,1H3,(H2,34,41)/t24-,27-/m1/s1. The Morgan fingerprint density at radius 3 is 2.60 bits per heavy atom. The topological polar surface area (TPSA) is 127 Å². The predicted octanol–water partition coefficient (Wildman–Crippen LogP) is 3.96. The van der Waals surface area contributed by atoms with Crippen molar-refractivity contribution in [3.63, 3.8) is 0 Å². The molecule has 2 aromatic carbocycles. The summed E-state index contributed by atoms with van der Waals surface area (Å²) in [5, 5.41) is 13.8. The molecule has 4 aromatic rings. The fourth-order valence-corrected chi connectivity index (χ4v) is 6.11. The molecule has 0 spiro atoms. The van der Waals surface area contributed by atoms with Crippen LogP contribution >= 0.6 is 0 Å². The number of hydrogen-bond acceptors (Lipinski definition) is 7. The van der Waals surface area contributed by atoms with Crippen molar-refractivity contribution in [1.29, 1.82) is 0 Å². The highest BCUT2D eigenvalue weighted by Crippen LogP contribution is 2.32. The van der Waals surface area contributed by atoms with Crippen molar-refractivity contribution in [2.24, 2.45) is 12.8 Å². The minimum Gasteiger partial charge on any atom is -0.457 e. The lowest BCUT2D eigenvalue weighted by molar-refractivity contribution is 0.0790. The van der Waals surface area contributed by atoms with Crippen LogP contribution in [0.25, 0.3) is 11.1 Å². The van der Waals surface area contributed by atoms with Crippen LogP contribution in [-0.2, 0) is 13.6 Å². The Balaban J connectivity index is 1.10. The number of hydrogen-bond donors (Lipinski definition) is 2. The Kier molecular flexibility index (Phi) is 8.22. The number of nitrogens with two attached hydrogens (primary N) is 1. The maximum absolute atomic E-state index is 13.5. The van der Waals surface area contributed by atoms with Crippen molar-refractivity contribution in [1.82, 2.24) is 24.6 Å². The molecule has 2 aromatic heterocycles. The van der Waals surface area contributed by atoms with E-state index in [-0.39, 0.29) is 24.5 Å². The molecule has 43 heavy (non-hydrogen) atoms. The summed E-state index contributed by atoms with van der Waals surface area (Å²) in [6.07, 6.45) is 8.14. The normalized spacial score (nSPS) is 18.7. The van der Waals surface area contributed by atoms with Crippen LogP contribution in [0.15, 0.2) is 73.2 Å². The number of pyridine rings is 1. The average molecular weight is 581 g/mol. The van der Waals surface area contributed by atoms with Crippen LogP contribution in [0.5, 0.6) is 11.5 Å². The number of amides is 2. The van der Waals surface area contributed by atoms with E-state index in [4.69, 9.17) is 10.5 Å². The Morgan fingerprint density at radius 2 is 1.86 bits per heavy atom. The second-order valence-electron chi connectivity index (χ2n) is 11.4. The van der Waals surface area contributed by atoms with Crippen LogP contribution in [-0.4, -0.2) is 73.8 Å². The zero-order valence-corrected chi connectivity index (χ0v) is 24.2. The molecule has 0 aliphatic carbocycles. The van der Waals surface area contributed by atoms with Crippen molar-refractivity contribution in [2.75, 3.05) is 26.2 Å². The van der Waals surface area contributed by atoms with Gasteiger partial charge in [0.25, 0.3) is 11.8 Å². The Morgan fingerprint density at radius 1 is 1.02 bits per heavy atom. The van der Waals surface area contributed by atoms with Gasteiger partial charge >= 0.3 is 0 Å². The lowest BCUT2D eigenvalue weighted by Gasteiger charge is -2.22. The van der Waals surface area contributed by atoms with Crippen LogP contribution < -0.4 is 10.5 Å². The quantitative estimate of drug-likeness (QED) is 0.307. The van der Waals surface area contributed by atoms with Crippen molar-refractivity contribution < 1.29 is 19.4 Å².